The molecule has 0 spiro atoms. The largest absolute Gasteiger partial charge is 0.361 e. The second-order valence-corrected chi connectivity index (χ2v) is 6.57. The number of anilines is 1. The molecule has 0 aliphatic rings. The molecule has 6 heteroatoms. The lowest BCUT2D eigenvalue weighted by Gasteiger charge is -2.22. The molecule has 2 aromatic rings. The smallest absolute Gasteiger partial charge is 0.293 e. The molecule has 0 amide bonds. The maximum absolute atomic E-state index is 13.2. The molecule has 2 rings (SSSR count). The van der Waals surface area contributed by atoms with E-state index >= 15 is 0 Å². The van der Waals surface area contributed by atoms with Crippen molar-refractivity contribution < 1.29 is 4.39 Å². The summed E-state index contributed by atoms with van der Waals surface area (Å²) in [5, 5.41) is 2.97. The predicted octanol–water partition coefficient (Wildman–Crippen LogP) is 3.51. The van der Waals surface area contributed by atoms with Crippen LogP contribution in [0.15, 0.2) is 39.9 Å². The molecule has 112 valence electrons. The first-order valence-electron chi connectivity index (χ1n) is 6.55. The molecule has 0 aliphatic carbocycles. The molecule has 1 N–H and O–H groups in total. The van der Waals surface area contributed by atoms with Crippen molar-refractivity contribution in [2.45, 2.75) is 32.9 Å². The Balaban J connectivity index is 2.25. The van der Waals surface area contributed by atoms with E-state index in [1.54, 1.807) is 23.0 Å². The summed E-state index contributed by atoms with van der Waals surface area (Å²) in [6, 6.07) is 4.43. The minimum atomic E-state index is -0.324. The van der Waals surface area contributed by atoms with Crippen molar-refractivity contribution in [3.05, 3.63) is 56.8 Å². The third kappa shape index (κ3) is 3.69. The molecule has 1 aromatic heterocycles. The van der Waals surface area contributed by atoms with Crippen molar-refractivity contribution >= 4 is 21.7 Å². The molecule has 0 fully saturated rings. The lowest BCUT2D eigenvalue weighted by atomic mass is 10.1. The summed E-state index contributed by atoms with van der Waals surface area (Å²) in [5.41, 5.74) is 0.204. The van der Waals surface area contributed by atoms with Crippen LogP contribution in [0.3, 0.4) is 0 Å². The van der Waals surface area contributed by atoms with E-state index in [1.807, 2.05) is 20.8 Å². The number of hydrogen-bond acceptors (Lipinski definition) is 3. The molecular formula is C15H17BrFN3O. The van der Waals surface area contributed by atoms with Gasteiger partial charge in [0.05, 0.1) is 0 Å². The van der Waals surface area contributed by atoms with E-state index in [0.717, 1.165) is 10.0 Å². The fourth-order valence-corrected chi connectivity index (χ4v) is 2.31. The highest BCUT2D eigenvalue weighted by Gasteiger charge is 2.16. The van der Waals surface area contributed by atoms with E-state index in [2.05, 4.69) is 26.2 Å². The summed E-state index contributed by atoms with van der Waals surface area (Å²) < 4.78 is 15.6. The fourth-order valence-electron chi connectivity index (χ4n) is 1.92. The van der Waals surface area contributed by atoms with E-state index in [9.17, 15) is 9.18 Å². The third-order valence-electron chi connectivity index (χ3n) is 3.02. The third-order valence-corrected chi connectivity index (χ3v) is 3.79. The van der Waals surface area contributed by atoms with Gasteiger partial charge in [-0.25, -0.2) is 9.37 Å². The van der Waals surface area contributed by atoms with Crippen LogP contribution in [-0.2, 0) is 12.1 Å². The van der Waals surface area contributed by atoms with Crippen LogP contribution in [0.1, 0.15) is 26.3 Å². The van der Waals surface area contributed by atoms with Crippen molar-refractivity contribution in [3.8, 4) is 0 Å². The van der Waals surface area contributed by atoms with Crippen molar-refractivity contribution in [2.75, 3.05) is 5.32 Å². The van der Waals surface area contributed by atoms with Gasteiger partial charge in [-0.1, -0.05) is 15.9 Å². The first kappa shape index (κ1) is 15.7. The average Bonchev–Trinajstić information content (AvgIpc) is 2.40. The second-order valence-electron chi connectivity index (χ2n) is 5.71. The Bertz CT molecular complexity index is 707. The molecule has 1 aromatic carbocycles. The Labute approximate surface area is 131 Å². The number of rotatable bonds is 3. The van der Waals surface area contributed by atoms with Crippen molar-refractivity contribution in [1.29, 1.82) is 0 Å². The second kappa shape index (κ2) is 5.97. The molecule has 4 nitrogen and oxygen atoms in total. The van der Waals surface area contributed by atoms with E-state index in [0.29, 0.717) is 6.54 Å². The molecule has 0 radical (unpaired) electrons. The summed E-state index contributed by atoms with van der Waals surface area (Å²) in [6.07, 6.45) is 3.24. The normalized spacial score (nSPS) is 11.5. The van der Waals surface area contributed by atoms with Gasteiger partial charge in [0.2, 0.25) is 0 Å². The molecule has 1 heterocycles. The lowest BCUT2D eigenvalue weighted by molar-refractivity contribution is 0.383. The number of aromatic nitrogens is 2. The molecular weight excluding hydrogens is 337 g/mol. The summed E-state index contributed by atoms with van der Waals surface area (Å²) in [5.74, 6) is -0.0632. The van der Waals surface area contributed by atoms with Crippen molar-refractivity contribution in [3.63, 3.8) is 0 Å². The maximum atomic E-state index is 13.2. The van der Waals surface area contributed by atoms with E-state index in [4.69, 9.17) is 0 Å². The number of nitrogens with one attached hydrogen (secondary N) is 1. The zero-order valence-corrected chi connectivity index (χ0v) is 13.7. The summed E-state index contributed by atoms with van der Waals surface area (Å²) in [4.78, 5) is 16.4. The molecule has 0 aliphatic heterocycles. The summed E-state index contributed by atoms with van der Waals surface area (Å²) in [6.45, 7) is 6.15. The lowest BCUT2D eigenvalue weighted by Crippen LogP contribution is -2.35. The highest BCUT2D eigenvalue weighted by Crippen LogP contribution is 2.18. The van der Waals surface area contributed by atoms with Gasteiger partial charge in [-0.2, -0.15) is 0 Å². The first-order chi connectivity index (χ1) is 9.79. The Morgan fingerprint density at radius 2 is 2.10 bits per heavy atom. The SMILES string of the molecule is CC(C)(C)n1ccnc(NCc2cc(F)ccc2Br)c1=O. The van der Waals surface area contributed by atoms with Gasteiger partial charge in [0.1, 0.15) is 5.82 Å². The van der Waals surface area contributed by atoms with Gasteiger partial charge in [0.25, 0.3) is 5.56 Å². The zero-order valence-electron chi connectivity index (χ0n) is 12.2. The van der Waals surface area contributed by atoms with Gasteiger partial charge in [0, 0.05) is 29.0 Å². The van der Waals surface area contributed by atoms with Crippen molar-refractivity contribution in [1.82, 2.24) is 9.55 Å². The van der Waals surface area contributed by atoms with Gasteiger partial charge in [0.15, 0.2) is 5.82 Å². The van der Waals surface area contributed by atoms with Crippen LogP contribution in [0.4, 0.5) is 10.2 Å². The Morgan fingerprint density at radius 1 is 1.38 bits per heavy atom. The number of hydrogen-bond donors (Lipinski definition) is 1. The van der Waals surface area contributed by atoms with E-state index in [1.165, 1.54) is 12.1 Å². The fraction of sp³-hybridized carbons (Fsp3) is 0.333. The Hall–Kier alpha value is -1.69. The molecule has 0 saturated heterocycles. The van der Waals surface area contributed by atoms with Crippen LogP contribution in [0.2, 0.25) is 0 Å². The van der Waals surface area contributed by atoms with Gasteiger partial charge in [-0.3, -0.25) is 4.79 Å². The summed E-state index contributed by atoms with van der Waals surface area (Å²) >= 11 is 3.36. The minimum absolute atomic E-state index is 0.197. The summed E-state index contributed by atoms with van der Waals surface area (Å²) in [7, 11) is 0. The number of halogens is 2. The van der Waals surface area contributed by atoms with Gasteiger partial charge < -0.3 is 9.88 Å². The highest BCUT2D eigenvalue weighted by molar-refractivity contribution is 9.10. The molecule has 0 atom stereocenters. The standard InChI is InChI=1S/C15H17BrFN3O/c1-15(2,3)20-7-6-18-13(14(20)21)19-9-10-8-11(17)4-5-12(10)16/h4-8H,9H2,1-3H3,(H,18,19). The van der Waals surface area contributed by atoms with Gasteiger partial charge in [-0.15, -0.1) is 0 Å². The molecule has 21 heavy (non-hydrogen) atoms. The van der Waals surface area contributed by atoms with Crippen molar-refractivity contribution in [2.24, 2.45) is 0 Å². The number of benzene rings is 1. The first-order valence-corrected chi connectivity index (χ1v) is 7.34. The molecule has 0 saturated carbocycles. The van der Waals surface area contributed by atoms with E-state index < -0.39 is 0 Å². The minimum Gasteiger partial charge on any atom is -0.361 e. The monoisotopic (exact) mass is 353 g/mol. The quantitative estimate of drug-likeness (QED) is 0.918. The molecule has 0 unspecified atom stereocenters. The Morgan fingerprint density at radius 3 is 2.76 bits per heavy atom. The molecule has 0 bridgehead atoms. The highest BCUT2D eigenvalue weighted by atomic mass is 79.9. The average molecular weight is 354 g/mol. The van der Waals surface area contributed by atoms with Gasteiger partial charge in [-0.05, 0) is 44.5 Å². The van der Waals surface area contributed by atoms with Crippen LogP contribution in [0, 0.1) is 5.82 Å². The maximum Gasteiger partial charge on any atom is 0.293 e. The topological polar surface area (TPSA) is 46.9 Å². The van der Waals surface area contributed by atoms with Crippen LogP contribution >= 0.6 is 15.9 Å². The van der Waals surface area contributed by atoms with Crippen LogP contribution in [-0.4, -0.2) is 9.55 Å². The zero-order chi connectivity index (χ0) is 15.6. The van der Waals surface area contributed by atoms with Gasteiger partial charge >= 0.3 is 0 Å². The number of nitrogens with zero attached hydrogens (tertiary/aromatic N) is 2. The van der Waals surface area contributed by atoms with Crippen LogP contribution in [0.25, 0.3) is 0 Å². The Kier molecular flexibility index (Phi) is 4.46. The van der Waals surface area contributed by atoms with Crippen LogP contribution < -0.4 is 10.9 Å². The predicted molar refractivity (Wildman–Crippen MR) is 84.9 cm³/mol. The van der Waals surface area contributed by atoms with Crippen LogP contribution in [0.5, 0.6) is 0 Å². The van der Waals surface area contributed by atoms with E-state index in [-0.39, 0.29) is 22.7 Å².